The van der Waals surface area contributed by atoms with Crippen molar-refractivity contribution < 1.29 is 4.79 Å². The van der Waals surface area contributed by atoms with Crippen LogP contribution in [-0.4, -0.2) is 33.9 Å². The third-order valence-electron chi connectivity index (χ3n) is 5.50. The zero-order valence-corrected chi connectivity index (χ0v) is 17.8. The Morgan fingerprint density at radius 1 is 1.06 bits per heavy atom. The van der Waals surface area contributed by atoms with Gasteiger partial charge in [0.05, 0.1) is 30.0 Å². The monoisotopic (exact) mass is 414 g/mol. The standard InChI is InChI=1S/C25H26N4O2/c1-3-29(15-23-27-22-11-7-6-10-21(22)25(31)28-23)16-24(30)26-17(2)19-13-12-18-8-4-5-9-20(18)14-19/h4-14,17H,3,15-16H2,1-2H3,(H,26,30)(H,27,28,31)/t17-/m1/s1. The van der Waals surface area contributed by atoms with Gasteiger partial charge in [-0.1, -0.05) is 55.5 Å². The fourth-order valence-electron chi connectivity index (χ4n) is 3.75. The van der Waals surface area contributed by atoms with Crippen LogP contribution in [0, 0.1) is 0 Å². The van der Waals surface area contributed by atoms with Crippen LogP contribution >= 0.6 is 0 Å². The Bertz CT molecular complexity index is 1280. The van der Waals surface area contributed by atoms with Gasteiger partial charge in [-0.2, -0.15) is 0 Å². The highest BCUT2D eigenvalue weighted by Gasteiger charge is 2.15. The van der Waals surface area contributed by atoms with Gasteiger partial charge in [0, 0.05) is 0 Å². The van der Waals surface area contributed by atoms with Gasteiger partial charge in [0.15, 0.2) is 0 Å². The van der Waals surface area contributed by atoms with Gasteiger partial charge in [-0.3, -0.25) is 14.5 Å². The lowest BCUT2D eigenvalue weighted by molar-refractivity contribution is -0.123. The first-order valence-corrected chi connectivity index (χ1v) is 10.5. The molecule has 1 amide bonds. The Morgan fingerprint density at radius 3 is 2.61 bits per heavy atom. The molecular formula is C25H26N4O2. The van der Waals surface area contributed by atoms with Gasteiger partial charge in [-0.05, 0) is 48.0 Å². The predicted octanol–water partition coefficient (Wildman–Crippen LogP) is 3.78. The molecule has 0 aliphatic heterocycles. The molecule has 0 aliphatic carbocycles. The Kier molecular flexibility index (Phi) is 6.09. The number of benzene rings is 3. The molecule has 6 heteroatoms. The zero-order chi connectivity index (χ0) is 21.8. The molecule has 0 aliphatic rings. The van der Waals surface area contributed by atoms with E-state index in [9.17, 15) is 9.59 Å². The molecule has 6 nitrogen and oxygen atoms in total. The number of carbonyl (C=O) groups is 1. The lowest BCUT2D eigenvalue weighted by Gasteiger charge is -2.21. The number of likely N-dealkylation sites (N-methyl/N-ethyl adjacent to an activating group) is 1. The molecule has 0 saturated carbocycles. The normalized spacial score (nSPS) is 12.4. The number of fused-ring (bicyclic) bond motifs is 2. The van der Waals surface area contributed by atoms with Gasteiger partial charge < -0.3 is 10.3 Å². The molecule has 2 N–H and O–H groups in total. The summed E-state index contributed by atoms with van der Waals surface area (Å²) >= 11 is 0. The maximum Gasteiger partial charge on any atom is 0.258 e. The average molecular weight is 415 g/mol. The average Bonchev–Trinajstić information content (AvgIpc) is 2.78. The van der Waals surface area contributed by atoms with Gasteiger partial charge in [-0.15, -0.1) is 0 Å². The van der Waals surface area contributed by atoms with E-state index >= 15 is 0 Å². The van der Waals surface area contributed by atoms with Crippen molar-refractivity contribution in [3.63, 3.8) is 0 Å². The highest BCUT2D eigenvalue weighted by atomic mass is 16.2. The summed E-state index contributed by atoms with van der Waals surface area (Å²) in [6.45, 7) is 5.26. The van der Waals surface area contributed by atoms with Crippen molar-refractivity contribution in [2.75, 3.05) is 13.1 Å². The Balaban J connectivity index is 1.42. The molecule has 0 fully saturated rings. The summed E-state index contributed by atoms with van der Waals surface area (Å²) in [4.78, 5) is 34.3. The van der Waals surface area contributed by atoms with Crippen LogP contribution in [0.3, 0.4) is 0 Å². The lowest BCUT2D eigenvalue weighted by atomic mass is 10.0. The zero-order valence-electron chi connectivity index (χ0n) is 17.8. The predicted molar refractivity (Wildman–Crippen MR) is 124 cm³/mol. The molecule has 158 valence electrons. The number of nitrogens with zero attached hydrogens (tertiary/aromatic N) is 2. The molecule has 0 bridgehead atoms. The van der Waals surface area contributed by atoms with Gasteiger partial charge >= 0.3 is 0 Å². The van der Waals surface area contributed by atoms with E-state index in [2.05, 4.69) is 45.6 Å². The molecule has 3 aromatic carbocycles. The number of aromatic amines is 1. The van der Waals surface area contributed by atoms with Crippen molar-refractivity contribution in [3.05, 3.63) is 88.5 Å². The molecular weight excluding hydrogens is 388 g/mol. The fourth-order valence-corrected chi connectivity index (χ4v) is 3.75. The van der Waals surface area contributed by atoms with Gasteiger partial charge in [0.25, 0.3) is 5.56 Å². The Hall–Kier alpha value is -3.51. The molecule has 1 heterocycles. The summed E-state index contributed by atoms with van der Waals surface area (Å²) in [5.41, 5.74) is 1.56. The highest BCUT2D eigenvalue weighted by molar-refractivity contribution is 5.83. The summed E-state index contributed by atoms with van der Waals surface area (Å²) in [6.07, 6.45) is 0. The smallest absolute Gasteiger partial charge is 0.258 e. The van der Waals surface area contributed by atoms with Gasteiger partial charge in [0.2, 0.25) is 5.91 Å². The second-order valence-corrected chi connectivity index (χ2v) is 7.73. The molecule has 4 rings (SSSR count). The van der Waals surface area contributed by atoms with E-state index < -0.39 is 0 Å². The summed E-state index contributed by atoms with van der Waals surface area (Å²) in [7, 11) is 0. The maximum atomic E-state index is 12.7. The van der Waals surface area contributed by atoms with E-state index in [1.165, 1.54) is 5.39 Å². The van der Waals surface area contributed by atoms with E-state index in [4.69, 9.17) is 0 Å². The first kappa shape index (κ1) is 20.8. The number of carbonyl (C=O) groups excluding carboxylic acids is 1. The van der Waals surface area contributed by atoms with Crippen molar-refractivity contribution in [2.45, 2.75) is 26.4 Å². The summed E-state index contributed by atoms with van der Waals surface area (Å²) < 4.78 is 0. The van der Waals surface area contributed by atoms with Crippen molar-refractivity contribution in [1.82, 2.24) is 20.2 Å². The lowest BCUT2D eigenvalue weighted by Crippen LogP contribution is -2.38. The van der Waals surface area contributed by atoms with Crippen LogP contribution < -0.4 is 10.9 Å². The quantitative estimate of drug-likeness (QED) is 0.483. The van der Waals surface area contributed by atoms with Crippen LogP contribution in [0.5, 0.6) is 0 Å². The molecule has 0 unspecified atom stereocenters. The third-order valence-corrected chi connectivity index (χ3v) is 5.50. The first-order chi connectivity index (χ1) is 15.0. The largest absolute Gasteiger partial charge is 0.348 e. The SMILES string of the molecule is CCN(CC(=O)N[C@H](C)c1ccc2ccccc2c1)Cc1nc2ccccc2c(=O)[nH]1. The number of aromatic nitrogens is 2. The van der Waals surface area contributed by atoms with Crippen LogP contribution in [0.2, 0.25) is 0 Å². The van der Waals surface area contributed by atoms with Gasteiger partial charge in [0.1, 0.15) is 5.82 Å². The van der Waals surface area contributed by atoms with Crippen LogP contribution in [0.15, 0.2) is 71.5 Å². The Labute approximate surface area is 180 Å². The molecule has 31 heavy (non-hydrogen) atoms. The van der Waals surface area contributed by atoms with E-state index in [1.54, 1.807) is 6.07 Å². The van der Waals surface area contributed by atoms with Crippen molar-refractivity contribution in [1.29, 1.82) is 0 Å². The van der Waals surface area contributed by atoms with E-state index in [0.717, 1.165) is 10.9 Å². The second kappa shape index (κ2) is 9.10. The van der Waals surface area contributed by atoms with Crippen LogP contribution in [0.4, 0.5) is 0 Å². The summed E-state index contributed by atoms with van der Waals surface area (Å²) in [6, 6.07) is 21.6. The third kappa shape index (κ3) is 4.81. The van der Waals surface area contributed by atoms with Crippen molar-refractivity contribution >= 4 is 27.6 Å². The number of amides is 1. The number of nitrogens with one attached hydrogen (secondary N) is 2. The van der Waals surface area contributed by atoms with Crippen molar-refractivity contribution in [3.8, 4) is 0 Å². The number of rotatable bonds is 7. The summed E-state index contributed by atoms with van der Waals surface area (Å²) in [5, 5.41) is 5.98. The van der Waals surface area contributed by atoms with E-state index in [-0.39, 0.29) is 24.1 Å². The minimum Gasteiger partial charge on any atom is -0.348 e. The number of hydrogen-bond donors (Lipinski definition) is 2. The molecule has 4 aromatic rings. The molecule has 0 saturated heterocycles. The van der Waals surface area contributed by atoms with E-state index in [0.29, 0.717) is 29.8 Å². The maximum absolute atomic E-state index is 12.7. The molecule has 1 atom stereocenters. The molecule has 1 aromatic heterocycles. The summed E-state index contributed by atoms with van der Waals surface area (Å²) in [5.74, 6) is 0.492. The Morgan fingerprint density at radius 2 is 1.81 bits per heavy atom. The fraction of sp³-hybridized carbons (Fsp3) is 0.240. The van der Waals surface area contributed by atoms with Crippen LogP contribution in [-0.2, 0) is 11.3 Å². The highest BCUT2D eigenvalue weighted by Crippen LogP contribution is 2.20. The molecule has 0 spiro atoms. The number of hydrogen-bond acceptors (Lipinski definition) is 4. The molecule has 0 radical (unpaired) electrons. The van der Waals surface area contributed by atoms with Crippen LogP contribution in [0.1, 0.15) is 31.3 Å². The number of para-hydroxylation sites is 1. The van der Waals surface area contributed by atoms with Crippen molar-refractivity contribution in [2.24, 2.45) is 0 Å². The number of H-pyrrole nitrogens is 1. The van der Waals surface area contributed by atoms with E-state index in [1.807, 2.05) is 49.1 Å². The first-order valence-electron chi connectivity index (χ1n) is 10.5. The topological polar surface area (TPSA) is 78.1 Å². The second-order valence-electron chi connectivity index (χ2n) is 7.73. The minimum absolute atomic E-state index is 0.0642. The minimum atomic E-state index is -0.161. The van der Waals surface area contributed by atoms with Crippen LogP contribution in [0.25, 0.3) is 21.7 Å². The van der Waals surface area contributed by atoms with Gasteiger partial charge in [-0.25, -0.2) is 4.98 Å².